The first-order chi connectivity index (χ1) is 13.1. The van der Waals surface area contributed by atoms with Crippen LogP contribution in [0.2, 0.25) is 0 Å². The first kappa shape index (κ1) is 22.1. The van der Waals surface area contributed by atoms with Crippen LogP contribution in [0.25, 0.3) is 0 Å². The Bertz CT molecular complexity index is 1040. The first-order valence-corrected chi connectivity index (χ1v) is 12.1. The van der Waals surface area contributed by atoms with Crippen molar-refractivity contribution in [3.8, 4) is 0 Å². The minimum Gasteiger partial charge on any atom is -0.348 e. The molecule has 28 heavy (non-hydrogen) atoms. The summed E-state index contributed by atoms with van der Waals surface area (Å²) in [5.41, 5.74) is 0.967. The van der Waals surface area contributed by atoms with Gasteiger partial charge in [0.05, 0.1) is 9.79 Å². The van der Waals surface area contributed by atoms with Crippen molar-refractivity contribution < 1.29 is 21.6 Å². The summed E-state index contributed by atoms with van der Waals surface area (Å²) in [6.07, 6.45) is 1.08. The van der Waals surface area contributed by atoms with Crippen molar-refractivity contribution in [2.75, 3.05) is 19.3 Å². The zero-order chi connectivity index (χ0) is 20.9. The van der Waals surface area contributed by atoms with Crippen molar-refractivity contribution in [2.45, 2.75) is 30.2 Å². The molecule has 2 aromatic rings. The Labute approximate surface area is 166 Å². The molecule has 0 saturated carbocycles. The van der Waals surface area contributed by atoms with Crippen molar-refractivity contribution in [3.63, 3.8) is 0 Å². The molecule has 0 aromatic heterocycles. The van der Waals surface area contributed by atoms with E-state index in [4.69, 9.17) is 0 Å². The third kappa shape index (κ3) is 5.18. The predicted molar refractivity (Wildman–Crippen MR) is 107 cm³/mol. The minimum absolute atomic E-state index is 0.0751. The maximum absolute atomic E-state index is 12.5. The van der Waals surface area contributed by atoms with E-state index >= 15 is 0 Å². The fraction of sp³-hybridized carbons (Fsp3) is 0.316. The topological polar surface area (TPSA) is 101 Å². The molecule has 2 rings (SSSR count). The van der Waals surface area contributed by atoms with E-state index < -0.39 is 25.8 Å². The number of benzene rings is 2. The molecule has 0 heterocycles. The number of carbonyl (C=O) groups excluding carboxylic acids is 1. The largest absolute Gasteiger partial charge is 0.348 e. The van der Waals surface area contributed by atoms with Gasteiger partial charge in [-0.3, -0.25) is 4.79 Å². The van der Waals surface area contributed by atoms with Crippen LogP contribution in [0.4, 0.5) is 0 Å². The zero-order valence-electron chi connectivity index (χ0n) is 16.0. The van der Waals surface area contributed by atoms with E-state index in [0.29, 0.717) is 13.1 Å². The lowest BCUT2D eigenvalue weighted by atomic mass is 10.2. The van der Waals surface area contributed by atoms with E-state index in [0.717, 1.165) is 11.8 Å². The molecule has 0 bridgehead atoms. The lowest BCUT2D eigenvalue weighted by molar-refractivity contribution is 0.0950. The van der Waals surface area contributed by atoms with Crippen molar-refractivity contribution >= 4 is 25.8 Å². The Kier molecular flexibility index (Phi) is 6.97. The van der Waals surface area contributed by atoms with Crippen molar-refractivity contribution in [2.24, 2.45) is 0 Å². The SMILES string of the molecule is CCN(CC)S(=O)(=O)c1ccc(CNC(=O)c2cccc(S(C)(=O)=O)c2)cc1. The van der Waals surface area contributed by atoms with Crippen molar-refractivity contribution in [1.82, 2.24) is 9.62 Å². The summed E-state index contributed by atoms with van der Waals surface area (Å²) in [6, 6.07) is 12.1. The normalized spacial score (nSPS) is 12.1. The van der Waals surface area contributed by atoms with Gasteiger partial charge in [0.2, 0.25) is 10.0 Å². The van der Waals surface area contributed by atoms with Crippen LogP contribution in [0, 0.1) is 0 Å². The van der Waals surface area contributed by atoms with Crippen LogP contribution in [-0.4, -0.2) is 46.4 Å². The standard InChI is InChI=1S/C19H24N2O5S2/c1-4-21(5-2)28(25,26)17-11-9-15(10-12-17)14-20-19(22)16-7-6-8-18(13-16)27(3,23)24/h6-13H,4-5,14H2,1-3H3,(H,20,22). The highest BCUT2D eigenvalue weighted by atomic mass is 32.2. The van der Waals surface area contributed by atoms with E-state index in [9.17, 15) is 21.6 Å². The Hall–Kier alpha value is -2.23. The van der Waals surface area contributed by atoms with Crippen LogP contribution in [0.15, 0.2) is 58.3 Å². The van der Waals surface area contributed by atoms with Crippen LogP contribution >= 0.6 is 0 Å². The molecular weight excluding hydrogens is 400 g/mol. The van der Waals surface area contributed by atoms with Gasteiger partial charge in [0.15, 0.2) is 9.84 Å². The fourth-order valence-corrected chi connectivity index (χ4v) is 4.77. The second-order valence-corrected chi connectivity index (χ2v) is 10.2. The zero-order valence-corrected chi connectivity index (χ0v) is 17.7. The van der Waals surface area contributed by atoms with Crippen LogP contribution < -0.4 is 5.32 Å². The first-order valence-electron chi connectivity index (χ1n) is 8.77. The minimum atomic E-state index is -3.52. The van der Waals surface area contributed by atoms with Gasteiger partial charge in [0, 0.05) is 31.5 Å². The number of hydrogen-bond acceptors (Lipinski definition) is 5. The van der Waals surface area contributed by atoms with Gasteiger partial charge in [-0.25, -0.2) is 16.8 Å². The van der Waals surface area contributed by atoms with Crippen LogP contribution in [0.5, 0.6) is 0 Å². The number of sulfonamides is 1. The molecule has 0 saturated heterocycles. The number of rotatable bonds is 8. The van der Waals surface area contributed by atoms with E-state index in [2.05, 4.69) is 5.32 Å². The lowest BCUT2D eigenvalue weighted by Gasteiger charge is -2.18. The molecule has 0 aliphatic rings. The van der Waals surface area contributed by atoms with Gasteiger partial charge >= 0.3 is 0 Å². The molecule has 0 aliphatic carbocycles. The summed E-state index contributed by atoms with van der Waals surface area (Å²) in [4.78, 5) is 12.6. The fourth-order valence-electron chi connectivity index (χ4n) is 2.64. The summed E-state index contributed by atoms with van der Waals surface area (Å²) in [5.74, 6) is -0.412. The van der Waals surface area contributed by atoms with Gasteiger partial charge in [-0.15, -0.1) is 0 Å². The molecule has 1 amide bonds. The van der Waals surface area contributed by atoms with E-state index in [1.165, 1.54) is 40.7 Å². The smallest absolute Gasteiger partial charge is 0.251 e. The van der Waals surface area contributed by atoms with E-state index in [1.807, 2.05) is 0 Å². The summed E-state index contributed by atoms with van der Waals surface area (Å²) in [5, 5.41) is 2.70. The lowest BCUT2D eigenvalue weighted by Crippen LogP contribution is -2.30. The highest BCUT2D eigenvalue weighted by molar-refractivity contribution is 7.90. The third-order valence-corrected chi connectivity index (χ3v) is 7.42. The van der Waals surface area contributed by atoms with Gasteiger partial charge in [0.1, 0.15) is 0 Å². The number of nitrogens with one attached hydrogen (secondary N) is 1. The maximum Gasteiger partial charge on any atom is 0.251 e. The number of amides is 1. The molecule has 0 spiro atoms. The highest BCUT2D eigenvalue weighted by Crippen LogP contribution is 2.16. The van der Waals surface area contributed by atoms with Gasteiger partial charge in [-0.2, -0.15) is 4.31 Å². The molecule has 0 fully saturated rings. The van der Waals surface area contributed by atoms with E-state index in [1.54, 1.807) is 26.0 Å². The maximum atomic E-state index is 12.5. The molecule has 0 radical (unpaired) electrons. The monoisotopic (exact) mass is 424 g/mol. The molecule has 7 nitrogen and oxygen atoms in total. The van der Waals surface area contributed by atoms with Gasteiger partial charge in [-0.05, 0) is 35.9 Å². The average molecular weight is 425 g/mol. The highest BCUT2D eigenvalue weighted by Gasteiger charge is 2.21. The van der Waals surface area contributed by atoms with Crippen LogP contribution in [0.1, 0.15) is 29.8 Å². The molecule has 0 aliphatic heterocycles. The Morgan fingerprint density at radius 3 is 2.07 bits per heavy atom. The Morgan fingerprint density at radius 2 is 1.54 bits per heavy atom. The van der Waals surface area contributed by atoms with Gasteiger partial charge in [-0.1, -0.05) is 32.0 Å². The Morgan fingerprint density at radius 1 is 0.929 bits per heavy atom. The Balaban J connectivity index is 2.09. The summed E-state index contributed by atoms with van der Waals surface area (Å²) >= 11 is 0. The summed E-state index contributed by atoms with van der Waals surface area (Å²) in [6.45, 7) is 4.54. The summed E-state index contributed by atoms with van der Waals surface area (Å²) in [7, 11) is -6.92. The molecule has 0 atom stereocenters. The number of carbonyl (C=O) groups is 1. The molecule has 1 N–H and O–H groups in total. The molecule has 0 unspecified atom stereocenters. The van der Waals surface area contributed by atoms with Crippen molar-refractivity contribution in [3.05, 3.63) is 59.7 Å². The average Bonchev–Trinajstić information content (AvgIpc) is 2.66. The molecule has 2 aromatic carbocycles. The quantitative estimate of drug-likeness (QED) is 0.699. The van der Waals surface area contributed by atoms with Gasteiger partial charge < -0.3 is 5.32 Å². The second kappa shape index (κ2) is 8.85. The van der Waals surface area contributed by atoms with Crippen LogP contribution in [-0.2, 0) is 26.4 Å². The second-order valence-electron chi connectivity index (χ2n) is 6.22. The van der Waals surface area contributed by atoms with Crippen molar-refractivity contribution in [1.29, 1.82) is 0 Å². The molecule has 152 valence electrons. The predicted octanol–water partition coefficient (Wildman–Crippen LogP) is 2.05. The van der Waals surface area contributed by atoms with Gasteiger partial charge in [0.25, 0.3) is 5.91 Å². The number of sulfone groups is 1. The number of hydrogen-bond donors (Lipinski definition) is 1. The third-order valence-electron chi connectivity index (χ3n) is 4.24. The molecular formula is C19H24N2O5S2. The van der Waals surface area contributed by atoms with Crippen LogP contribution in [0.3, 0.4) is 0 Å². The van der Waals surface area contributed by atoms with E-state index in [-0.39, 0.29) is 21.9 Å². The molecule has 9 heteroatoms. The summed E-state index contributed by atoms with van der Waals surface area (Å²) < 4.78 is 49.5. The number of nitrogens with zero attached hydrogens (tertiary/aromatic N) is 1.